The molecule has 4 heteroatoms. The molecule has 0 aliphatic rings. The van der Waals surface area contributed by atoms with E-state index < -0.39 is 0 Å². The second kappa shape index (κ2) is 4.62. The molecular weight excluding hydrogens is 180 g/mol. The number of rotatable bonds is 4. The first-order valence-electron chi connectivity index (χ1n) is 4.32. The highest BCUT2D eigenvalue weighted by Crippen LogP contribution is 2.11. The van der Waals surface area contributed by atoms with Crippen LogP contribution < -0.4 is 5.73 Å². The summed E-state index contributed by atoms with van der Waals surface area (Å²) in [5, 5.41) is 9.20. The monoisotopic (exact) mass is 194 g/mol. The molecule has 0 bridgehead atoms. The third-order valence-electron chi connectivity index (χ3n) is 1.79. The van der Waals surface area contributed by atoms with Crippen LogP contribution in [0, 0.1) is 0 Å². The zero-order valence-electron chi connectivity index (χ0n) is 8.10. The normalized spacial score (nSPS) is 10.4. The molecule has 0 heterocycles. The number of carbonyl (C=O) groups is 1. The summed E-state index contributed by atoms with van der Waals surface area (Å²) < 4.78 is 0. The number of hydrogen-bond acceptors (Lipinski definition) is 3. The lowest BCUT2D eigenvalue weighted by atomic mass is 10.2. The predicted molar refractivity (Wildman–Crippen MR) is 53.6 cm³/mol. The molecule has 0 radical (unpaired) electrons. The Hall–Kier alpha value is -1.55. The van der Waals surface area contributed by atoms with Crippen molar-refractivity contribution in [3.8, 4) is 5.75 Å². The number of amides is 1. The predicted octanol–water partition coefficient (Wildman–Crippen LogP) is 0.309. The molecule has 76 valence electrons. The average molecular weight is 194 g/mol. The fourth-order valence-corrected chi connectivity index (χ4v) is 1.29. The van der Waals surface area contributed by atoms with Crippen LogP contribution in [-0.2, 0) is 11.3 Å². The molecular formula is C10H14N2O2. The number of nitrogens with zero attached hydrogens (tertiary/aromatic N) is 1. The Balaban J connectivity index is 2.55. The number of phenols is 1. The Kier molecular flexibility index (Phi) is 3.48. The molecule has 1 amide bonds. The molecule has 0 atom stereocenters. The maximum absolute atomic E-state index is 10.6. The van der Waals surface area contributed by atoms with Crippen molar-refractivity contribution in [3.05, 3.63) is 29.8 Å². The van der Waals surface area contributed by atoms with Crippen molar-refractivity contribution in [2.24, 2.45) is 5.73 Å². The Morgan fingerprint density at radius 3 is 2.86 bits per heavy atom. The van der Waals surface area contributed by atoms with Crippen LogP contribution in [0.25, 0.3) is 0 Å². The summed E-state index contributed by atoms with van der Waals surface area (Å²) >= 11 is 0. The fourth-order valence-electron chi connectivity index (χ4n) is 1.29. The van der Waals surface area contributed by atoms with Gasteiger partial charge in [-0.3, -0.25) is 9.69 Å². The topological polar surface area (TPSA) is 66.6 Å². The van der Waals surface area contributed by atoms with Gasteiger partial charge in [-0.25, -0.2) is 0 Å². The number of hydrogen-bond donors (Lipinski definition) is 2. The van der Waals surface area contributed by atoms with Crippen molar-refractivity contribution in [3.63, 3.8) is 0 Å². The van der Waals surface area contributed by atoms with Crippen LogP contribution in [0.3, 0.4) is 0 Å². The van der Waals surface area contributed by atoms with Crippen LogP contribution in [0.1, 0.15) is 5.56 Å². The van der Waals surface area contributed by atoms with Crippen molar-refractivity contribution in [2.45, 2.75) is 6.54 Å². The van der Waals surface area contributed by atoms with Crippen molar-refractivity contribution in [1.82, 2.24) is 4.90 Å². The highest BCUT2D eigenvalue weighted by molar-refractivity contribution is 5.75. The molecule has 1 aromatic carbocycles. The minimum absolute atomic E-state index is 0.218. The minimum Gasteiger partial charge on any atom is -0.508 e. The van der Waals surface area contributed by atoms with E-state index in [-0.39, 0.29) is 18.2 Å². The standard InChI is InChI=1S/C10H14N2O2/c1-12(7-10(11)14)6-8-3-2-4-9(13)5-8/h2-5,13H,6-7H2,1H3,(H2,11,14). The zero-order valence-corrected chi connectivity index (χ0v) is 8.10. The van der Waals surface area contributed by atoms with Gasteiger partial charge in [0.2, 0.25) is 5.91 Å². The van der Waals surface area contributed by atoms with E-state index in [2.05, 4.69) is 0 Å². The van der Waals surface area contributed by atoms with E-state index in [1.807, 2.05) is 6.07 Å². The van der Waals surface area contributed by atoms with Crippen molar-refractivity contribution < 1.29 is 9.90 Å². The van der Waals surface area contributed by atoms with Gasteiger partial charge in [0.15, 0.2) is 0 Å². The van der Waals surface area contributed by atoms with Gasteiger partial charge in [0, 0.05) is 6.54 Å². The average Bonchev–Trinajstić information content (AvgIpc) is 2.01. The highest BCUT2D eigenvalue weighted by atomic mass is 16.3. The molecule has 0 spiro atoms. The number of primary amides is 1. The summed E-state index contributed by atoms with van der Waals surface area (Å²) in [6.07, 6.45) is 0. The number of nitrogens with two attached hydrogens (primary N) is 1. The Morgan fingerprint density at radius 2 is 2.29 bits per heavy atom. The van der Waals surface area contributed by atoms with Gasteiger partial charge in [0.05, 0.1) is 6.54 Å². The van der Waals surface area contributed by atoms with Crippen LogP contribution >= 0.6 is 0 Å². The first kappa shape index (κ1) is 10.5. The van der Waals surface area contributed by atoms with E-state index in [4.69, 9.17) is 5.73 Å². The molecule has 0 saturated heterocycles. The van der Waals surface area contributed by atoms with Gasteiger partial charge in [-0.15, -0.1) is 0 Å². The quantitative estimate of drug-likeness (QED) is 0.725. The number of benzene rings is 1. The Labute approximate surface area is 82.9 Å². The number of aromatic hydroxyl groups is 1. The number of likely N-dealkylation sites (N-methyl/N-ethyl adjacent to an activating group) is 1. The van der Waals surface area contributed by atoms with Crippen LogP contribution in [0.4, 0.5) is 0 Å². The van der Waals surface area contributed by atoms with Crippen molar-refractivity contribution in [2.75, 3.05) is 13.6 Å². The van der Waals surface area contributed by atoms with Crippen LogP contribution in [0.15, 0.2) is 24.3 Å². The lowest BCUT2D eigenvalue weighted by Crippen LogP contribution is -2.30. The molecule has 1 aromatic rings. The molecule has 4 nitrogen and oxygen atoms in total. The van der Waals surface area contributed by atoms with Gasteiger partial charge in [0.25, 0.3) is 0 Å². The molecule has 0 fully saturated rings. The number of phenolic OH excluding ortho intramolecular Hbond substituents is 1. The van der Waals surface area contributed by atoms with Gasteiger partial charge >= 0.3 is 0 Å². The second-order valence-corrected chi connectivity index (χ2v) is 3.31. The molecule has 14 heavy (non-hydrogen) atoms. The molecule has 0 saturated carbocycles. The Morgan fingerprint density at radius 1 is 1.57 bits per heavy atom. The van der Waals surface area contributed by atoms with Crippen molar-refractivity contribution >= 4 is 5.91 Å². The lowest BCUT2D eigenvalue weighted by Gasteiger charge is -2.14. The number of carbonyl (C=O) groups excluding carboxylic acids is 1. The van der Waals surface area contributed by atoms with Gasteiger partial charge in [-0.2, -0.15) is 0 Å². The molecule has 3 N–H and O–H groups in total. The summed E-state index contributed by atoms with van der Waals surface area (Å²) in [7, 11) is 1.80. The molecule has 1 rings (SSSR count). The third-order valence-corrected chi connectivity index (χ3v) is 1.79. The van der Waals surface area contributed by atoms with Gasteiger partial charge in [-0.1, -0.05) is 12.1 Å². The van der Waals surface area contributed by atoms with E-state index >= 15 is 0 Å². The van der Waals surface area contributed by atoms with E-state index in [9.17, 15) is 9.90 Å². The van der Waals surface area contributed by atoms with E-state index in [1.54, 1.807) is 30.1 Å². The molecule has 0 unspecified atom stereocenters. The zero-order chi connectivity index (χ0) is 10.6. The molecule has 0 aromatic heterocycles. The van der Waals surface area contributed by atoms with Gasteiger partial charge < -0.3 is 10.8 Å². The van der Waals surface area contributed by atoms with Crippen molar-refractivity contribution in [1.29, 1.82) is 0 Å². The SMILES string of the molecule is CN(CC(N)=O)Cc1cccc(O)c1. The summed E-state index contributed by atoms with van der Waals surface area (Å²) in [5.41, 5.74) is 6.00. The summed E-state index contributed by atoms with van der Waals surface area (Å²) in [6, 6.07) is 6.93. The van der Waals surface area contributed by atoms with Crippen LogP contribution in [-0.4, -0.2) is 29.5 Å². The highest BCUT2D eigenvalue weighted by Gasteiger charge is 2.03. The summed E-state index contributed by atoms with van der Waals surface area (Å²) in [6.45, 7) is 0.812. The maximum atomic E-state index is 10.6. The minimum atomic E-state index is -0.354. The first-order chi connectivity index (χ1) is 6.58. The lowest BCUT2D eigenvalue weighted by molar-refractivity contribution is -0.118. The smallest absolute Gasteiger partial charge is 0.231 e. The third kappa shape index (κ3) is 3.45. The van der Waals surface area contributed by atoms with Gasteiger partial charge in [-0.05, 0) is 24.7 Å². The summed E-state index contributed by atoms with van der Waals surface area (Å²) in [5.74, 6) is -0.123. The second-order valence-electron chi connectivity index (χ2n) is 3.31. The van der Waals surface area contributed by atoms with E-state index in [0.717, 1.165) is 5.56 Å². The molecule has 0 aliphatic heterocycles. The maximum Gasteiger partial charge on any atom is 0.231 e. The fraction of sp³-hybridized carbons (Fsp3) is 0.300. The van der Waals surface area contributed by atoms with E-state index in [1.165, 1.54) is 0 Å². The first-order valence-corrected chi connectivity index (χ1v) is 4.32. The Bertz CT molecular complexity index is 326. The van der Waals surface area contributed by atoms with E-state index in [0.29, 0.717) is 6.54 Å². The van der Waals surface area contributed by atoms with Crippen LogP contribution in [0.2, 0.25) is 0 Å². The van der Waals surface area contributed by atoms with Crippen LogP contribution in [0.5, 0.6) is 5.75 Å². The van der Waals surface area contributed by atoms with Gasteiger partial charge in [0.1, 0.15) is 5.75 Å². The molecule has 0 aliphatic carbocycles. The largest absolute Gasteiger partial charge is 0.508 e. The summed E-state index contributed by atoms with van der Waals surface area (Å²) in [4.78, 5) is 12.4.